The summed E-state index contributed by atoms with van der Waals surface area (Å²) in [6, 6.07) is 6.03. The lowest BCUT2D eigenvalue weighted by atomic mass is 10.0. The van der Waals surface area contributed by atoms with Crippen LogP contribution < -0.4 is 24.2 Å². The SMILES string of the molecule is COC(=O)c1cc(Oc2cc(F)cc(F)c2Nc2c(S(=O)(=O)NC3CC3)cnc3cc(-c4cnc(OC)nc4OC)cc(F)c23)ccn1. The van der Waals surface area contributed by atoms with Gasteiger partial charge in [0.2, 0.25) is 15.9 Å². The molecule has 6 rings (SSSR count). The molecule has 1 aliphatic carbocycles. The number of nitrogens with zero attached hydrogens (tertiary/aromatic N) is 4. The maximum atomic E-state index is 16.2. The molecule has 3 heterocycles. The first-order chi connectivity index (χ1) is 23.0. The van der Waals surface area contributed by atoms with Gasteiger partial charge in [-0.2, -0.15) is 4.98 Å². The fourth-order valence-corrected chi connectivity index (χ4v) is 6.14. The molecule has 13 nitrogen and oxygen atoms in total. The number of nitrogens with one attached hydrogen (secondary N) is 2. The number of benzene rings is 2. The minimum Gasteiger partial charge on any atom is -0.480 e. The van der Waals surface area contributed by atoms with Crippen LogP contribution >= 0.6 is 0 Å². The number of ether oxygens (including phenoxy) is 4. The smallest absolute Gasteiger partial charge is 0.356 e. The maximum Gasteiger partial charge on any atom is 0.356 e. The van der Waals surface area contributed by atoms with Gasteiger partial charge in [0, 0.05) is 42.8 Å². The van der Waals surface area contributed by atoms with E-state index in [2.05, 4.69) is 34.7 Å². The van der Waals surface area contributed by atoms with Crippen molar-refractivity contribution in [3.8, 4) is 34.5 Å². The number of rotatable bonds is 11. The van der Waals surface area contributed by atoms with E-state index >= 15 is 8.78 Å². The molecule has 0 radical (unpaired) electrons. The number of sulfonamides is 1. The van der Waals surface area contributed by atoms with E-state index in [1.54, 1.807) is 0 Å². The molecule has 248 valence electrons. The molecule has 5 aromatic rings. The van der Waals surface area contributed by atoms with Crippen molar-refractivity contribution in [1.29, 1.82) is 0 Å². The predicted octanol–water partition coefficient (Wildman–Crippen LogP) is 5.28. The lowest BCUT2D eigenvalue weighted by Crippen LogP contribution is -2.26. The Morgan fingerprint density at radius 3 is 2.42 bits per heavy atom. The molecule has 2 N–H and O–H groups in total. The second kappa shape index (κ2) is 12.9. The third-order valence-corrected chi connectivity index (χ3v) is 8.65. The zero-order valence-corrected chi connectivity index (χ0v) is 26.2. The molecule has 48 heavy (non-hydrogen) atoms. The summed E-state index contributed by atoms with van der Waals surface area (Å²) in [6.45, 7) is 0. The molecule has 0 unspecified atom stereocenters. The van der Waals surface area contributed by atoms with Crippen LogP contribution in [-0.2, 0) is 14.8 Å². The van der Waals surface area contributed by atoms with Gasteiger partial charge >= 0.3 is 12.0 Å². The Kier molecular flexibility index (Phi) is 8.72. The van der Waals surface area contributed by atoms with Gasteiger partial charge in [0.25, 0.3) is 0 Å². The molecule has 0 saturated heterocycles. The molecule has 0 aliphatic heterocycles. The molecular formula is C31H25F3N6O7S. The first kappa shape index (κ1) is 32.4. The van der Waals surface area contributed by atoms with Crippen molar-refractivity contribution in [2.24, 2.45) is 0 Å². The van der Waals surface area contributed by atoms with Gasteiger partial charge in [-0.3, -0.25) is 4.98 Å². The number of carbonyl (C=O) groups excluding carboxylic acids is 1. The number of esters is 1. The number of anilines is 2. The Bertz CT molecular complexity index is 2180. The number of hydrogen-bond donors (Lipinski definition) is 2. The van der Waals surface area contributed by atoms with Crippen LogP contribution in [0.5, 0.6) is 23.4 Å². The van der Waals surface area contributed by atoms with Crippen molar-refractivity contribution in [3.63, 3.8) is 0 Å². The topological polar surface area (TPSA) is 164 Å². The first-order valence-corrected chi connectivity index (χ1v) is 15.6. The molecular weight excluding hydrogens is 657 g/mol. The van der Waals surface area contributed by atoms with E-state index in [0.717, 1.165) is 25.4 Å². The van der Waals surface area contributed by atoms with Crippen LogP contribution in [0.4, 0.5) is 24.5 Å². The van der Waals surface area contributed by atoms with Crippen molar-refractivity contribution in [3.05, 3.63) is 78.1 Å². The molecule has 2 aromatic carbocycles. The van der Waals surface area contributed by atoms with E-state index in [-0.39, 0.29) is 51.4 Å². The van der Waals surface area contributed by atoms with Gasteiger partial charge in [-0.1, -0.05) is 0 Å². The van der Waals surface area contributed by atoms with E-state index in [1.807, 2.05) is 0 Å². The molecule has 0 spiro atoms. The van der Waals surface area contributed by atoms with Gasteiger partial charge in [-0.25, -0.2) is 41.1 Å². The van der Waals surface area contributed by atoms with Crippen LogP contribution in [0.3, 0.4) is 0 Å². The van der Waals surface area contributed by atoms with Crippen molar-refractivity contribution < 1.29 is 45.3 Å². The highest BCUT2D eigenvalue weighted by molar-refractivity contribution is 7.89. The van der Waals surface area contributed by atoms with Crippen molar-refractivity contribution in [2.75, 3.05) is 26.6 Å². The van der Waals surface area contributed by atoms with E-state index in [1.165, 1.54) is 44.8 Å². The quantitative estimate of drug-likeness (QED) is 0.174. The summed E-state index contributed by atoms with van der Waals surface area (Å²) in [7, 11) is -0.476. The minimum absolute atomic E-state index is 0.00659. The zero-order valence-electron chi connectivity index (χ0n) is 25.4. The van der Waals surface area contributed by atoms with Gasteiger partial charge in [0.15, 0.2) is 17.3 Å². The van der Waals surface area contributed by atoms with Gasteiger partial charge in [-0.15, -0.1) is 0 Å². The molecule has 3 aromatic heterocycles. The number of pyridine rings is 2. The average Bonchev–Trinajstić information content (AvgIpc) is 3.88. The Hall–Kier alpha value is -5.55. The molecule has 17 heteroatoms. The van der Waals surface area contributed by atoms with Crippen molar-refractivity contribution in [2.45, 2.75) is 23.8 Å². The maximum absolute atomic E-state index is 16.2. The van der Waals surface area contributed by atoms with Crippen molar-refractivity contribution in [1.82, 2.24) is 24.7 Å². The number of methoxy groups -OCH3 is 3. The number of halogens is 3. The fraction of sp³-hybridized carbons (Fsp3) is 0.194. The van der Waals surface area contributed by atoms with Crippen LogP contribution in [0, 0.1) is 17.5 Å². The zero-order chi connectivity index (χ0) is 34.2. The second-order valence-corrected chi connectivity index (χ2v) is 12.1. The summed E-state index contributed by atoms with van der Waals surface area (Å²) < 4.78 is 96.7. The Morgan fingerprint density at radius 1 is 0.917 bits per heavy atom. The van der Waals surface area contributed by atoms with Crippen LogP contribution in [0.15, 0.2) is 59.9 Å². The largest absolute Gasteiger partial charge is 0.480 e. The molecule has 1 fully saturated rings. The first-order valence-electron chi connectivity index (χ1n) is 14.1. The number of carbonyl (C=O) groups is 1. The normalized spacial score (nSPS) is 12.9. The van der Waals surface area contributed by atoms with E-state index in [0.29, 0.717) is 18.9 Å². The summed E-state index contributed by atoms with van der Waals surface area (Å²) in [5, 5.41) is 2.31. The summed E-state index contributed by atoms with van der Waals surface area (Å²) in [6.07, 6.45) is 4.75. The van der Waals surface area contributed by atoms with Crippen LogP contribution in [0.25, 0.3) is 22.0 Å². The van der Waals surface area contributed by atoms with Gasteiger partial charge in [0.05, 0.1) is 43.5 Å². The third-order valence-electron chi connectivity index (χ3n) is 7.12. The molecule has 0 bridgehead atoms. The Balaban J connectivity index is 1.52. The number of fused-ring (bicyclic) bond motifs is 1. The number of aromatic nitrogens is 4. The molecule has 1 aliphatic rings. The molecule has 0 atom stereocenters. The van der Waals surface area contributed by atoms with Crippen LogP contribution in [0.2, 0.25) is 0 Å². The summed E-state index contributed by atoms with van der Waals surface area (Å²) in [5.41, 5.74) is -0.657. The predicted molar refractivity (Wildman–Crippen MR) is 164 cm³/mol. The van der Waals surface area contributed by atoms with Gasteiger partial charge in [0.1, 0.15) is 28.0 Å². The van der Waals surface area contributed by atoms with E-state index in [9.17, 15) is 17.6 Å². The van der Waals surface area contributed by atoms with E-state index < -0.39 is 55.5 Å². The van der Waals surface area contributed by atoms with Crippen LogP contribution in [-0.4, -0.2) is 61.7 Å². The van der Waals surface area contributed by atoms with Gasteiger partial charge in [-0.05, 0) is 36.6 Å². The molecule has 0 amide bonds. The average molecular weight is 683 g/mol. The second-order valence-electron chi connectivity index (χ2n) is 10.4. The summed E-state index contributed by atoms with van der Waals surface area (Å²) >= 11 is 0. The standard InChI is InChI=1S/C31H25F3N6O7S/c1-44-29-19(13-37-31(39-29)46-3)15-8-20(33)26-22(9-15)36-14-25(48(42,43)40-17-4-5-17)28(26)38-27-21(34)10-16(32)11-24(27)47-18-6-7-35-23(12-18)30(41)45-2/h6-14,17,40H,4-5H2,1-3H3,(H,36,38). The lowest BCUT2D eigenvalue weighted by Gasteiger charge is -2.19. The highest BCUT2D eigenvalue weighted by atomic mass is 32.2. The Labute approximate surface area is 271 Å². The summed E-state index contributed by atoms with van der Waals surface area (Å²) in [5.74, 6) is -4.45. The monoisotopic (exact) mass is 682 g/mol. The van der Waals surface area contributed by atoms with Gasteiger partial charge < -0.3 is 24.3 Å². The number of hydrogen-bond acceptors (Lipinski definition) is 12. The third kappa shape index (κ3) is 6.50. The molecule has 1 saturated carbocycles. The fourth-order valence-electron chi connectivity index (χ4n) is 4.72. The lowest BCUT2D eigenvalue weighted by molar-refractivity contribution is 0.0593. The Morgan fingerprint density at radius 2 is 1.71 bits per heavy atom. The van der Waals surface area contributed by atoms with E-state index in [4.69, 9.17) is 14.2 Å². The highest BCUT2D eigenvalue weighted by Gasteiger charge is 2.32. The highest BCUT2D eigenvalue weighted by Crippen LogP contribution is 2.42. The summed E-state index contributed by atoms with van der Waals surface area (Å²) in [4.78, 5) is 27.8. The van der Waals surface area contributed by atoms with Crippen LogP contribution in [0.1, 0.15) is 23.3 Å². The van der Waals surface area contributed by atoms with Crippen molar-refractivity contribution >= 4 is 38.3 Å². The minimum atomic E-state index is -4.34.